The van der Waals surface area contributed by atoms with E-state index in [1.807, 2.05) is 0 Å². The Hall–Kier alpha value is -2.07. The van der Waals surface area contributed by atoms with Crippen LogP contribution in [0, 0.1) is 0 Å². The van der Waals surface area contributed by atoms with Gasteiger partial charge in [-0.25, -0.2) is 4.57 Å². The van der Waals surface area contributed by atoms with Crippen LogP contribution >= 0.6 is 7.82 Å². The average molecular weight is 911 g/mol. The molecule has 0 spiro atoms. The summed E-state index contributed by atoms with van der Waals surface area (Å²) in [5.41, 5.74) is 0. The molecule has 0 radical (unpaired) electrons. The molecule has 3 unspecified atom stereocenters. The highest BCUT2D eigenvalue weighted by molar-refractivity contribution is 7.47. The summed E-state index contributed by atoms with van der Waals surface area (Å²) in [4.78, 5) is 34.7. The van der Waals surface area contributed by atoms with Crippen LogP contribution in [0.2, 0.25) is 0 Å². The minimum atomic E-state index is -4.65. The smallest absolute Gasteiger partial charge is 0.457 e. The molecule has 0 aromatic carbocycles. The van der Waals surface area contributed by atoms with Crippen LogP contribution in [0.15, 0.2) is 48.6 Å². The number of esters is 2. The predicted molar refractivity (Wildman–Crippen MR) is 261 cm³/mol. The monoisotopic (exact) mass is 911 g/mol. The molecule has 0 aliphatic carbocycles. The van der Waals surface area contributed by atoms with Gasteiger partial charge in [-0.3, -0.25) is 18.6 Å². The van der Waals surface area contributed by atoms with E-state index in [-0.39, 0.29) is 12.8 Å². The van der Waals surface area contributed by atoms with Gasteiger partial charge in [0.2, 0.25) is 0 Å². The van der Waals surface area contributed by atoms with E-state index >= 15 is 0 Å². The van der Waals surface area contributed by atoms with Crippen LogP contribution < -0.4 is 0 Å². The Balaban J connectivity index is 3.85. The first kappa shape index (κ1) is 60.9. The SMILES string of the molecule is CCCCC/C=C\C/C=C\CCCCCCCCCCCC(=O)OC(CO)COP(=O)(O)OCC(CO)OC(=O)CCCCCCCCCCC/C=C\C/C=C\CCCCCCC. The third-order valence-corrected chi connectivity index (χ3v) is 12.0. The van der Waals surface area contributed by atoms with Crippen molar-refractivity contribution < 1.29 is 47.8 Å². The average Bonchev–Trinajstić information content (AvgIpc) is 3.27. The number of carbonyl (C=O) groups is 2. The standard InChI is InChI=1S/C52H95O10P/c1-3-5-7-9-11-13-15-17-19-21-23-24-26-28-30-32-34-36-38-40-42-44-52(56)62-50(46-54)48-60-63(57,58)59-47-49(45-53)61-51(55)43-41-39-37-35-33-31-29-27-25-22-20-18-16-14-12-10-8-6-4-2/h12,14-15,17-18,20-21,23,49-50,53-54H,3-11,13,16,19,22,24-48H2,1-2H3,(H,57,58)/b14-12-,17-15-,20-18-,23-21-. The molecule has 0 saturated carbocycles. The Morgan fingerprint density at radius 1 is 0.429 bits per heavy atom. The number of phosphoric acid groups is 1. The zero-order chi connectivity index (χ0) is 46.2. The second-order valence-corrected chi connectivity index (χ2v) is 18.6. The summed E-state index contributed by atoms with van der Waals surface area (Å²) in [5.74, 6) is -1.02. The molecule has 0 amide bonds. The Labute approximate surface area is 385 Å². The Kier molecular flexibility index (Phi) is 46.3. The summed E-state index contributed by atoms with van der Waals surface area (Å²) in [5, 5.41) is 19.3. The van der Waals surface area contributed by atoms with Gasteiger partial charge in [0.25, 0.3) is 0 Å². The van der Waals surface area contributed by atoms with E-state index in [1.165, 1.54) is 128 Å². The molecule has 0 aromatic heterocycles. The molecule has 0 bridgehead atoms. The Bertz CT molecular complexity index is 1190. The van der Waals surface area contributed by atoms with Crippen LogP contribution in [0.3, 0.4) is 0 Å². The minimum Gasteiger partial charge on any atom is -0.457 e. The van der Waals surface area contributed by atoms with E-state index in [9.17, 15) is 29.3 Å². The normalized spacial score (nSPS) is 14.0. The van der Waals surface area contributed by atoms with Crippen molar-refractivity contribution in [2.24, 2.45) is 0 Å². The van der Waals surface area contributed by atoms with E-state index in [0.29, 0.717) is 12.8 Å². The summed E-state index contributed by atoms with van der Waals surface area (Å²) < 4.78 is 32.7. The summed E-state index contributed by atoms with van der Waals surface area (Å²) in [6.07, 6.45) is 53.6. The summed E-state index contributed by atoms with van der Waals surface area (Å²) in [7, 11) is -4.65. The summed E-state index contributed by atoms with van der Waals surface area (Å²) in [6, 6.07) is 0. The summed E-state index contributed by atoms with van der Waals surface area (Å²) in [6.45, 7) is 2.19. The van der Waals surface area contributed by atoms with Crippen molar-refractivity contribution >= 4 is 19.8 Å². The lowest BCUT2D eigenvalue weighted by Crippen LogP contribution is -2.28. The predicted octanol–water partition coefficient (Wildman–Crippen LogP) is 14.5. The molecular formula is C52H95O10P. The van der Waals surface area contributed by atoms with Gasteiger partial charge < -0.3 is 24.6 Å². The first-order valence-electron chi connectivity index (χ1n) is 25.6. The molecule has 3 atom stereocenters. The van der Waals surface area contributed by atoms with Gasteiger partial charge in [-0.2, -0.15) is 0 Å². The molecule has 11 heteroatoms. The molecule has 0 saturated heterocycles. The van der Waals surface area contributed by atoms with Crippen LogP contribution in [-0.4, -0.2) is 65.7 Å². The van der Waals surface area contributed by atoms with Crippen LogP contribution in [0.25, 0.3) is 0 Å². The fourth-order valence-corrected chi connectivity index (χ4v) is 7.84. The number of rotatable bonds is 48. The molecule has 0 rings (SSSR count). The van der Waals surface area contributed by atoms with Crippen LogP contribution in [0.5, 0.6) is 0 Å². The minimum absolute atomic E-state index is 0.187. The lowest BCUT2D eigenvalue weighted by Gasteiger charge is -2.20. The third-order valence-electron chi connectivity index (χ3n) is 11.0. The zero-order valence-corrected chi connectivity index (χ0v) is 41.2. The molecule has 0 fully saturated rings. The van der Waals surface area contributed by atoms with Crippen molar-refractivity contribution in [1.82, 2.24) is 0 Å². The zero-order valence-electron chi connectivity index (χ0n) is 40.3. The van der Waals surface area contributed by atoms with Crippen molar-refractivity contribution in [3.63, 3.8) is 0 Å². The van der Waals surface area contributed by atoms with E-state index in [2.05, 4.69) is 62.5 Å². The molecule has 0 aliphatic rings. The second kappa shape index (κ2) is 47.9. The van der Waals surface area contributed by atoms with Gasteiger partial charge in [0, 0.05) is 12.8 Å². The fourth-order valence-electron chi connectivity index (χ4n) is 7.06. The maximum Gasteiger partial charge on any atom is 0.472 e. The second-order valence-electron chi connectivity index (χ2n) is 17.1. The van der Waals surface area contributed by atoms with Gasteiger partial charge in [-0.05, 0) is 77.0 Å². The highest BCUT2D eigenvalue weighted by Gasteiger charge is 2.27. The molecule has 3 N–H and O–H groups in total. The number of unbranched alkanes of at least 4 members (excludes halogenated alkanes) is 26. The van der Waals surface area contributed by atoms with Crippen molar-refractivity contribution in [2.75, 3.05) is 26.4 Å². The van der Waals surface area contributed by atoms with E-state index in [4.69, 9.17) is 18.5 Å². The number of hydrogen-bond donors (Lipinski definition) is 3. The molecule has 0 aliphatic heterocycles. The molecule has 63 heavy (non-hydrogen) atoms. The largest absolute Gasteiger partial charge is 0.472 e. The van der Waals surface area contributed by atoms with Gasteiger partial charge in [0.05, 0.1) is 26.4 Å². The van der Waals surface area contributed by atoms with Crippen LogP contribution in [0.1, 0.15) is 232 Å². The summed E-state index contributed by atoms with van der Waals surface area (Å²) >= 11 is 0. The number of allylic oxidation sites excluding steroid dienone is 8. The first-order chi connectivity index (χ1) is 30.8. The van der Waals surface area contributed by atoms with Crippen molar-refractivity contribution in [3.05, 3.63) is 48.6 Å². The molecule has 10 nitrogen and oxygen atoms in total. The van der Waals surface area contributed by atoms with E-state index < -0.39 is 58.4 Å². The lowest BCUT2D eigenvalue weighted by molar-refractivity contribution is -0.153. The highest BCUT2D eigenvalue weighted by Crippen LogP contribution is 2.43. The van der Waals surface area contributed by atoms with Gasteiger partial charge >= 0.3 is 19.8 Å². The molecule has 368 valence electrons. The Morgan fingerprint density at radius 3 is 1.02 bits per heavy atom. The topological polar surface area (TPSA) is 149 Å². The molecule has 0 heterocycles. The molecular weight excluding hydrogens is 816 g/mol. The molecule has 0 aromatic rings. The third kappa shape index (κ3) is 46.3. The van der Waals surface area contributed by atoms with Crippen LogP contribution in [0.4, 0.5) is 0 Å². The van der Waals surface area contributed by atoms with Crippen LogP contribution in [-0.2, 0) is 32.7 Å². The van der Waals surface area contributed by atoms with E-state index in [0.717, 1.165) is 64.2 Å². The maximum absolute atomic E-state index is 12.4. The number of hydrogen-bond acceptors (Lipinski definition) is 9. The van der Waals surface area contributed by atoms with Crippen molar-refractivity contribution in [3.8, 4) is 0 Å². The number of aliphatic hydroxyl groups is 2. The first-order valence-corrected chi connectivity index (χ1v) is 27.1. The highest BCUT2D eigenvalue weighted by atomic mass is 31.2. The number of ether oxygens (including phenoxy) is 2. The van der Waals surface area contributed by atoms with Gasteiger partial charge in [0.1, 0.15) is 12.2 Å². The number of carbonyl (C=O) groups excluding carboxylic acids is 2. The fraction of sp³-hybridized carbons (Fsp3) is 0.808. The quantitative estimate of drug-likeness (QED) is 0.0233. The number of phosphoric ester groups is 1. The Morgan fingerprint density at radius 2 is 0.698 bits per heavy atom. The lowest BCUT2D eigenvalue weighted by atomic mass is 10.1. The van der Waals surface area contributed by atoms with Gasteiger partial charge in [-0.15, -0.1) is 0 Å². The van der Waals surface area contributed by atoms with Gasteiger partial charge in [-0.1, -0.05) is 191 Å². The van der Waals surface area contributed by atoms with Gasteiger partial charge in [0.15, 0.2) is 0 Å². The van der Waals surface area contributed by atoms with Crippen molar-refractivity contribution in [1.29, 1.82) is 0 Å². The maximum atomic E-state index is 12.4. The number of aliphatic hydroxyl groups excluding tert-OH is 2. The van der Waals surface area contributed by atoms with Crippen molar-refractivity contribution in [2.45, 2.75) is 244 Å². The van der Waals surface area contributed by atoms with E-state index in [1.54, 1.807) is 0 Å².